The summed E-state index contributed by atoms with van der Waals surface area (Å²) < 4.78 is 0.834. The van der Waals surface area contributed by atoms with E-state index < -0.39 is 0 Å². The van der Waals surface area contributed by atoms with Gasteiger partial charge < -0.3 is 5.32 Å². The largest absolute Gasteiger partial charge is 0.353 e. The quantitative estimate of drug-likeness (QED) is 0.910. The minimum absolute atomic E-state index is 0.0896. The fourth-order valence-electron chi connectivity index (χ4n) is 1.34. The molecule has 1 N–H and O–H groups in total. The summed E-state index contributed by atoms with van der Waals surface area (Å²) in [4.78, 5) is 11.5. The van der Waals surface area contributed by atoms with Crippen LogP contribution >= 0.6 is 27.5 Å². The Bertz CT molecular complexity index is 390. The second-order valence-corrected chi connectivity index (χ2v) is 5.03. The number of hydrogen-bond acceptors (Lipinski definition) is 1. The van der Waals surface area contributed by atoms with E-state index in [2.05, 4.69) is 21.2 Å². The summed E-state index contributed by atoms with van der Waals surface area (Å²) in [6.45, 7) is 0. The third-order valence-corrected chi connectivity index (χ3v) is 3.51. The van der Waals surface area contributed by atoms with Gasteiger partial charge in [0.25, 0.3) is 0 Å². The second kappa shape index (κ2) is 4.54. The number of nitrogens with one attached hydrogen (secondary N) is 1. The number of carbonyl (C=O) groups excluding carboxylic acids is 1. The van der Waals surface area contributed by atoms with E-state index in [0.717, 1.165) is 22.9 Å². The van der Waals surface area contributed by atoms with Gasteiger partial charge in [0, 0.05) is 10.5 Å². The minimum atomic E-state index is 0.0896. The molecule has 1 aromatic rings. The zero-order valence-electron chi connectivity index (χ0n) is 8.09. The van der Waals surface area contributed by atoms with Crippen LogP contribution in [-0.4, -0.2) is 11.9 Å². The molecule has 0 unspecified atom stereocenters. The average molecular weight is 289 g/mol. The molecule has 1 fully saturated rings. The molecule has 0 aromatic heterocycles. The molecule has 80 valence electrons. The first kappa shape index (κ1) is 11.0. The van der Waals surface area contributed by atoms with Crippen LogP contribution in [0.25, 0.3) is 0 Å². The van der Waals surface area contributed by atoms with Crippen LogP contribution in [0.4, 0.5) is 0 Å². The maximum absolute atomic E-state index is 11.5. The molecule has 1 aliphatic rings. The summed E-state index contributed by atoms with van der Waals surface area (Å²) in [7, 11) is 0. The van der Waals surface area contributed by atoms with Crippen LogP contribution in [0.3, 0.4) is 0 Å². The van der Waals surface area contributed by atoms with Crippen LogP contribution < -0.4 is 5.32 Å². The van der Waals surface area contributed by atoms with Crippen LogP contribution in [0, 0.1) is 0 Å². The van der Waals surface area contributed by atoms with Crippen LogP contribution in [0.1, 0.15) is 18.4 Å². The van der Waals surface area contributed by atoms with Crippen molar-refractivity contribution in [2.75, 3.05) is 0 Å². The Morgan fingerprint density at radius 2 is 2.27 bits per heavy atom. The lowest BCUT2D eigenvalue weighted by molar-refractivity contribution is -0.120. The van der Waals surface area contributed by atoms with Crippen molar-refractivity contribution >= 4 is 33.4 Å². The van der Waals surface area contributed by atoms with Gasteiger partial charge in [-0.25, -0.2) is 0 Å². The predicted octanol–water partition coefficient (Wildman–Crippen LogP) is 2.92. The van der Waals surface area contributed by atoms with E-state index in [9.17, 15) is 4.79 Å². The standard InChI is InChI=1S/C11H11BrClNO/c12-9-5-7(1-4-10(9)13)6-11(15)14-8-2-3-8/h1,4-5,8H,2-3,6H2,(H,14,15). The highest BCUT2D eigenvalue weighted by molar-refractivity contribution is 9.10. The van der Waals surface area contributed by atoms with Gasteiger partial charge >= 0.3 is 0 Å². The summed E-state index contributed by atoms with van der Waals surface area (Å²) in [5.74, 6) is 0.0896. The van der Waals surface area contributed by atoms with Crippen LogP contribution in [0.5, 0.6) is 0 Å². The van der Waals surface area contributed by atoms with E-state index in [-0.39, 0.29) is 5.91 Å². The molecule has 15 heavy (non-hydrogen) atoms. The van der Waals surface area contributed by atoms with Crippen LogP contribution in [0.2, 0.25) is 5.02 Å². The summed E-state index contributed by atoms with van der Waals surface area (Å²) in [5.41, 5.74) is 0.976. The number of halogens is 2. The topological polar surface area (TPSA) is 29.1 Å². The first-order valence-corrected chi connectivity index (χ1v) is 6.05. The lowest BCUT2D eigenvalue weighted by Gasteiger charge is -2.04. The molecule has 0 saturated heterocycles. The fraction of sp³-hybridized carbons (Fsp3) is 0.364. The molecule has 0 aliphatic heterocycles. The van der Waals surface area contributed by atoms with Crippen molar-refractivity contribution in [3.05, 3.63) is 33.3 Å². The van der Waals surface area contributed by atoms with E-state index in [1.54, 1.807) is 6.07 Å². The molecule has 0 radical (unpaired) electrons. The normalized spacial score (nSPS) is 15.1. The van der Waals surface area contributed by atoms with Crippen molar-refractivity contribution in [2.45, 2.75) is 25.3 Å². The van der Waals surface area contributed by atoms with Gasteiger partial charge in [-0.2, -0.15) is 0 Å². The van der Waals surface area contributed by atoms with E-state index in [1.165, 1.54) is 0 Å². The Labute approximate surface area is 102 Å². The molecule has 1 saturated carbocycles. The molecule has 0 bridgehead atoms. The number of rotatable bonds is 3. The molecule has 0 atom stereocenters. The van der Waals surface area contributed by atoms with E-state index in [1.807, 2.05) is 12.1 Å². The highest BCUT2D eigenvalue weighted by Crippen LogP contribution is 2.23. The molecule has 0 spiro atoms. The van der Waals surface area contributed by atoms with E-state index in [4.69, 9.17) is 11.6 Å². The predicted molar refractivity (Wildman–Crippen MR) is 64.0 cm³/mol. The van der Waals surface area contributed by atoms with Gasteiger partial charge in [-0.15, -0.1) is 0 Å². The van der Waals surface area contributed by atoms with Gasteiger partial charge in [0.15, 0.2) is 0 Å². The minimum Gasteiger partial charge on any atom is -0.353 e. The van der Waals surface area contributed by atoms with Crippen molar-refractivity contribution in [3.63, 3.8) is 0 Å². The average Bonchev–Trinajstić information content (AvgIpc) is 2.95. The molecule has 0 heterocycles. The van der Waals surface area contributed by atoms with E-state index in [0.29, 0.717) is 17.5 Å². The van der Waals surface area contributed by atoms with Gasteiger partial charge in [-0.3, -0.25) is 4.79 Å². The molecule has 2 nitrogen and oxygen atoms in total. The van der Waals surface area contributed by atoms with Gasteiger partial charge in [-0.05, 0) is 46.5 Å². The second-order valence-electron chi connectivity index (χ2n) is 3.77. The highest BCUT2D eigenvalue weighted by Gasteiger charge is 2.23. The van der Waals surface area contributed by atoms with Gasteiger partial charge in [0.1, 0.15) is 0 Å². The third-order valence-electron chi connectivity index (χ3n) is 2.29. The first-order chi connectivity index (χ1) is 7.15. The smallest absolute Gasteiger partial charge is 0.224 e. The number of carbonyl (C=O) groups is 1. The van der Waals surface area contributed by atoms with Crippen molar-refractivity contribution < 1.29 is 4.79 Å². The molecule has 1 aromatic carbocycles. The van der Waals surface area contributed by atoms with Crippen molar-refractivity contribution in [2.24, 2.45) is 0 Å². The van der Waals surface area contributed by atoms with Crippen molar-refractivity contribution in [1.82, 2.24) is 5.32 Å². The number of benzene rings is 1. The third kappa shape index (κ3) is 3.21. The Kier molecular flexibility index (Phi) is 3.32. The molecule has 4 heteroatoms. The summed E-state index contributed by atoms with van der Waals surface area (Å²) >= 11 is 9.20. The van der Waals surface area contributed by atoms with Gasteiger partial charge in [-0.1, -0.05) is 17.7 Å². The maximum Gasteiger partial charge on any atom is 0.224 e. The van der Waals surface area contributed by atoms with Crippen LogP contribution in [0.15, 0.2) is 22.7 Å². The van der Waals surface area contributed by atoms with E-state index >= 15 is 0 Å². The molecule has 1 aliphatic carbocycles. The Morgan fingerprint density at radius 1 is 1.53 bits per heavy atom. The van der Waals surface area contributed by atoms with Gasteiger partial charge in [0.05, 0.1) is 11.4 Å². The van der Waals surface area contributed by atoms with Crippen LogP contribution in [-0.2, 0) is 11.2 Å². The van der Waals surface area contributed by atoms with Crippen molar-refractivity contribution in [1.29, 1.82) is 0 Å². The van der Waals surface area contributed by atoms with Gasteiger partial charge in [0.2, 0.25) is 5.91 Å². The lowest BCUT2D eigenvalue weighted by Crippen LogP contribution is -2.26. The first-order valence-electron chi connectivity index (χ1n) is 4.88. The lowest BCUT2D eigenvalue weighted by atomic mass is 10.1. The summed E-state index contributed by atoms with van der Waals surface area (Å²) in [6, 6.07) is 5.98. The SMILES string of the molecule is O=C(Cc1ccc(Cl)c(Br)c1)NC1CC1. The zero-order chi connectivity index (χ0) is 10.8. The molecular formula is C11H11BrClNO. The molecule has 2 rings (SSSR count). The molecular weight excluding hydrogens is 277 g/mol. The highest BCUT2D eigenvalue weighted by atomic mass is 79.9. The fourth-order valence-corrected chi connectivity index (χ4v) is 1.89. The zero-order valence-corrected chi connectivity index (χ0v) is 10.4. The number of amides is 1. The number of hydrogen-bond donors (Lipinski definition) is 1. The van der Waals surface area contributed by atoms with Crippen molar-refractivity contribution in [3.8, 4) is 0 Å². The Hall–Kier alpha value is -0.540. The molecule has 1 amide bonds. The Morgan fingerprint density at radius 3 is 2.87 bits per heavy atom. The Balaban J connectivity index is 1.97. The summed E-state index contributed by atoms with van der Waals surface area (Å²) in [6.07, 6.45) is 2.67. The summed E-state index contributed by atoms with van der Waals surface area (Å²) in [5, 5.41) is 3.62. The maximum atomic E-state index is 11.5. The monoisotopic (exact) mass is 287 g/mol.